The molecule has 0 radical (unpaired) electrons. The molecule has 1 saturated heterocycles. The smallest absolute Gasteiger partial charge is 0.300 e. The summed E-state index contributed by atoms with van der Waals surface area (Å²) in [5, 5.41) is 11.7. The number of ketones is 1. The molecule has 1 heterocycles. The third-order valence-electron chi connectivity index (χ3n) is 6.11. The molecule has 3 aromatic carbocycles. The van der Waals surface area contributed by atoms with E-state index < -0.39 is 17.7 Å². The van der Waals surface area contributed by atoms with Crippen LogP contribution < -0.4 is 14.4 Å². The van der Waals surface area contributed by atoms with Crippen LogP contribution in [0.5, 0.6) is 11.5 Å². The lowest BCUT2D eigenvalue weighted by atomic mass is 9.94. The predicted octanol–water partition coefficient (Wildman–Crippen LogP) is 6.98. The van der Waals surface area contributed by atoms with E-state index in [2.05, 4.69) is 0 Å². The number of amides is 1. The number of halogens is 2. The molecule has 4 rings (SSSR count). The molecule has 0 aliphatic carbocycles. The maximum Gasteiger partial charge on any atom is 0.300 e. The van der Waals surface area contributed by atoms with Crippen molar-refractivity contribution in [3.05, 3.63) is 93.0 Å². The first-order valence-electron chi connectivity index (χ1n) is 11.9. The molecular weight excluding hydrogens is 513 g/mol. The summed E-state index contributed by atoms with van der Waals surface area (Å²) in [5.41, 5.74) is 2.40. The summed E-state index contributed by atoms with van der Waals surface area (Å²) in [4.78, 5) is 28.2. The Morgan fingerprint density at radius 3 is 2.11 bits per heavy atom. The topological polar surface area (TPSA) is 76.1 Å². The van der Waals surface area contributed by atoms with Crippen molar-refractivity contribution in [2.24, 2.45) is 0 Å². The lowest BCUT2D eigenvalue weighted by Crippen LogP contribution is -2.29. The number of carbonyl (C=O) groups is 2. The van der Waals surface area contributed by atoms with Crippen LogP contribution in [0.25, 0.3) is 5.76 Å². The summed E-state index contributed by atoms with van der Waals surface area (Å²) in [7, 11) is 1.43. The normalized spacial score (nSPS) is 16.9. The SMILES string of the molecule is CCc1ccc(C2/C(=C(\O)c3cc(Cl)c(OC)c(Cl)c3)C(=O)C(=O)N2c2ccc(OC(C)C)cc2)cc1. The molecule has 0 bridgehead atoms. The van der Waals surface area contributed by atoms with Crippen LogP contribution in [-0.4, -0.2) is 30.0 Å². The van der Waals surface area contributed by atoms with E-state index >= 15 is 0 Å². The van der Waals surface area contributed by atoms with Gasteiger partial charge in [0.25, 0.3) is 11.7 Å². The van der Waals surface area contributed by atoms with Gasteiger partial charge in [0.2, 0.25) is 0 Å². The van der Waals surface area contributed by atoms with Crippen LogP contribution in [0.2, 0.25) is 10.0 Å². The van der Waals surface area contributed by atoms with Gasteiger partial charge >= 0.3 is 0 Å². The highest BCUT2D eigenvalue weighted by Crippen LogP contribution is 2.44. The Morgan fingerprint density at radius 1 is 1.00 bits per heavy atom. The van der Waals surface area contributed by atoms with E-state index in [-0.39, 0.29) is 38.8 Å². The van der Waals surface area contributed by atoms with Gasteiger partial charge in [-0.2, -0.15) is 0 Å². The number of nitrogens with zero attached hydrogens (tertiary/aromatic N) is 1. The van der Waals surface area contributed by atoms with Gasteiger partial charge in [0.1, 0.15) is 11.5 Å². The standard InChI is InChI=1S/C29H27Cl2NO5/c1-5-17-6-8-18(9-7-17)25-24(26(33)19-14-22(30)28(36-4)23(31)15-19)27(34)29(35)32(25)20-10-12-21(13-11-20)37-16(2)3/h6-16,25,33H,5H2,1-4H3/b26-24+. The number of hydrogen-bond donors (Lipinski definition) is 1. The fourth-order valence-electron chi connectivity index (χ4n) is 4.35. The summed E-state index contributed by atoms with van der Waals surface area (Å²) >= 11 is 12.6. The first-order valence-corrected chi connectivity index (χ1v) is 12.6. The van der Waals surface area contributed by atoms with E-state index in [0.29, 0.717) is 17.0 Å². The highest BCUT2D eigenvalue weighted by molar-refractivity contribution is 6.51. The summed E-state index contributed by atoms with van der Waals surface area (Å²) < 4.78 is 10.9. The van der Waals surface area contributed by atoms with Crippen molar-refractivity contribution in [1.29, 1.82) is 0 Å². The van der Waals surface area contributed by atoms with Gasteiger partial charge in [0, 0.05) is 11.3 Å². The van der Waals surface area contributed by atoms with Crippen molar-refractivity contribution in [3.63, 3.8) is 0 Å². The van der Waals surface area contributed by atoms with E-state index in [0.717, 1.165) is 12.0 Å². The molecular formula is C29H27Cl2NO5. The fraction of sp³-hybridized carbons (Fsp3) is 0.241. The van der Waals surface area contributed by atoms with Gasteiger partial charge < -0.3 is 14.6 Å². The van der Waals surface area contributed by atoms with Crippen molar-refractivity contribution in [3.8, 4) is 11.5 Å². The Labute approximate surface area is 226 Å². The summed E-state index contributed by atoms with van der Waals surface area (Å²) in [6.45, 7) is 5.88. The zero-order valence-electron chi connectivity index (χ0n) is 20.9. The molecule has 1 unspecified atom stereocenters. The molecule has 3 aromatic rings. The first kappa shape index (κ1) is 26.6. The van der Waals surface area contributed by atoms with Crippen LogP contribution in [0, 0.1) is 0 Å². The zero-order chi connectivity index (χ0) is 26.9. The van der Waals surface area contributed by atoms with E-state index in [1.54, 1.807) is 24.3 Å². The number of ether oxygens (including phenoxy) is 2. The van der Waals surface area contributed by atoms with Gasteiger partial charge in [-0.1, -0.05) is 54.4 Å². The van der Waals surface area contributed by atoms with Gasteiger partial charge in [-0.25, -0.2) is 0 Å². The molecule has 1 atom stereocenters. The molecule has 37 heavy (non-hydrogen) atoms. The first-order chi connectivity index (χ1) is 17.7. The van der Waals surface area contributed by atoms with Crippen LogP contribution in [-0.2, 0) is 16.0 Å². The van der Waals surface area contributed by atoms with Crippen molar-refractivity contribution >= 4 is 46.3 Å². The minimum absolute atomic E-state index is 0.0136. The Morgan fingerprint density at radius 2 is 1.59 bits per heavy atom. The molecule has 0 saturated carbocycles. The van der Waals surface area contributed by atoms with Crippen LogP contribution in [0.1, 0.15) is 43.5 Å². The second-order valence-electron chi connectivity index (χ2n) is 8.90. The molecule has 1 aliphatic heterocycles. The number of aliphatic hydroxyl groups excluding tert-OH is 1. The second kappa shape index (κ2) is 10.9. The predicted molar refractivity (Wildman–Crippen MR) is 146 cm³/mol. The number of benzene rings is 3. The highest BCUT2D eigenvalue weighted by atomic mass is 35.5. The lowest BCUT2D eigenvalue weighted by molar-refractivity contribution is -0.132. The van der Waals surface area contributed by atoms with Crippen molar-refractivity contribution in [2.45, 2.75) is 39.3 Å². The largest absolute Gasteiger partial charge is 0.507 e. The number of Topliss-reactive ketones (excluding diaryl/α,β-unsaturated/α-hetero) is 1. The molecule has 0 aromatic heterocycles. The minimum atomic E-state index is -0.873. The Kier molecular flexibility index (Phi) is 7.81. The van der Waals surface area contributed by atoms with Gasteiger partial charge in [-0.05, 0) is 67.8 Å². The molecule has 6 nitrogen and oxygen atoms in total. The summed E-state index contributed by atoms with van der Waals surface area (Å²) in [6.07, 6.45) is 0.820. The van der Waals surface area contributed by atoms with E-state index in [9.17, 15) is 14.7 Å². The van der Waals surface area contributed by atoms with Gasteiger partial charge in [0.05, 0.1) is 34.9 Å². The van der Waals surface area contributed by atoms with E-state index in [1.165, 1.54) is 24.1 Å². The lowest BCUT2D eigenvalue weighted by Gasteiger charge is -2.26. The third kappa shape index (κ3) is 5.17. The second-order valence-corrected chi connectivity index (χ2v) is 9.71. The molecule has 1 amide bonds. The number of hydrogen-bond acceptors (Lipinski definition) is 5. The number of methoxy groups -OCH3 is 1. The number of carbonyl (C=O) groups excluding carboxylic acids is 2. The fourth-order valence-corrected chi connectivity index (χ4v) is 5.00. The Bertz CT molecular complexity index is 1340. The number of anilines is 1. The van der Waals surface area contributed by atoms with E-state index in [4.69, 9.17) is 32.7 Å². The van der Waals surface area contributed by atoms with Crippen LogP contribution in [0.15, 0.2) is 66.2 Å². The van der Waals surface area contributed by atoms with Crippen LogP contribution in [0.4, 0.5) is 5.69 Å². The van der Waals surface area contributed by atoms with Crippen molar-refractivity contribution in [1.82, 2.24) is 0 Å². The maximum atomic E-state index is 13.4. The molecule has 1 aliphatic rings. The number of rotatable bonds is 7. The highest BCUT2D eigenvalue weighted by Gasteiger charge is 2.47. The average molecular weight is 540 g/mol. The molecule has 192 valence electrons. The Balaban J connectivity index is 1.89. The van der Waals surface area contributed by atoms with Gasteiger partial charge in [0.15, 0.2) is 5.75 Å². The molecule has 1 fully saturated rings. The van der Waals surface area contributed by atoms with Gasteiger partial charge in [-0.3, -0.25) is 14.5 Å². The van der Waals surface area contributed by atoms with Crippen LogP contribution >= 0.6 is 23.2 Å². The molecule has 0 spiro atoms. The van der Waals surface area contributed by atoms with Gasteiger partial charge in [-0.15, -0.1) is 0 Å². The summed E-state index contributed by atoms with van der Waals surface area (Å²) in [6, 6.07) is 16.6. The maximum absolute atomic E-state index is 13.4. The molecule has 1 N–H and O–H groups in total. The zero-order valence-corrected chi connectivity index (χ0v) is 22.4. The monoisotopic (exact) mass is 539 g/mol. The minimum Gasteiger partial charge on any atom is -0.507 e. The molecule has 8 heteroatoms. The summed E-state index contributed by atoms with van der Waals surface area (Å²) in [5.74, 6) is -1.06. The Hall–Kier alpha value is -3.48. The van der Waals surface area contributed by atoms with E-state index in [1.807, 2.05) is 45.0 Å². The van der Waals surface area contributed by atoms with Crippen LogP contribution in [0.3, 0.4) is 0 Å². The van der Waals surface area contributed by atoms with Crippen molar-refractivity contribution in [2.75, 3.05) is 12.0 Å². The quantitative estimate of drug-likeness (QED) is 0.199. The number of aliphatic hydroxyl groups is 1. The number of aryl methyl sites for hydroxylation is 1. The third-order valence-corrected chi connectivity index (χ3v) is 6.67. The average Bonchev–Trinajstić information content (AvgIpc) is 3.14. The van der Waals surface area contributed by atoms with Crippen molar-refractivity contribution < 1.29 is 24.2 Å².